The zero-order chi connectivity index (χ0) is 28.7. The number of aryl methyl sites for hydroxylation is 2. The van der Waals surface area contributed by atoms with Crippen molar-refractivity contribution in [3.8, 4) is 0 Å². The Morgan fingerprint density at radius 2 is 1.79 bits per heavy atom. The number of piperazine rings is 1. The Kier molecular flexibility index (Phi) is 10.8. The fraction of sp³-hybridized carbons (Fsp3) is 0.667. The zero-order valence-electron chi connectivity index (χ0n) is 26.0. The molecule has 2 aliphatic rings. The number of aliphatic imine (C=N–C) groups is 1. The average Bonchev–Trinajstić information content (AvgIpc) is 3.69. The van der Waals surface area contributed by atoms with Crippen LogP contribution in [0.1, 0.15) is 98.6 Å². The van der Waals surface area contributed by atoms with Crippen LogP contribution in [0.15, 0.2) is 46.4 Å². The van der Waals surface area contributed by atoms with E-state index in [-0.39, 0.29) is 18.2 Å². The molecule has 216 valence electrons. The van der Waals surface area contributed by atoms with Crippen LogP contribution >= 0.6 is 0 Å². The highest BCUT2D eigenvalue weighted by molar-refractivity contribution is 6.04. The summed E-state index contributed by atoms with van der Waals surface area (Å²) in [4.78, 5) is 26.8. The number of rotatable bonds is 10. The molecule has 1 aliphatic carbocycles. The molecule has 1 aromatic heterocycles. The van der Waals surface area contributed by atoms with Crippen LogP contribution in [0.3, 0.4) is 0 Å². The van der Waals surface area contributed by atoms with Crippen LogP contribution in [-0.4, -0.2) is 63.9 Å². The van der Waals surface area contributed by atoms with E-state index in [1.165, 1.54) is 46.5 Å². The SMILES string of the molecule is C/C=C(\C(C(CCCCc1cncc(C)c1)=NCC)=C(\C)N1C[C@@H](C)N(C(=O)OC(C)(C)C)C[C@@H]1C)C1CC1. The standard InChI is InChI=1S/C33H52N4O2/c1-10-29(28-16-17-28)31(30(35-11-2)15-13-12-14-27-18-23(3)19-34-20-27)26(6)36-21-25(5)37(22-24(36)4)32(38)39-33(7,8)9/h10,18-20,24-25,28H,11-17,21-22H2,1-9H3/b29-10-,31-26+,35-30?/t24-,25+/m0/s1. The van der Waals surface area contributed by atoms with Crippen LogP contribution in [0.5, 0.6) is 0 Å². The van der Waals surface area contributed by atoms with Crippen LogP contribution in [0, 0.1) is 12.8 Å². The number of aromatic nitrogens is 1. The van der Waals surface area contributed by atoms with Gasteiger partial charge in [-0.3, -0.25) is 9.98 Å². The summed E-state index contributed by atoms with van der Waals surface area (Å²) in [5.41, 5.74) is 7.39. The molecule has 6 nitrogen and oxygen atoms in total. The van der Waals surface area contributed by atoms with Crippen molar-refractivity contribution < 1.29 is 9.53 Å². The Labute approximate surface area is 237 Å². The third-order valence-electron chi connectivity index (χ3n) is 7.72. The van der Waals surface area contributed by atoms with E-state index in [1.807, 2.05) is 38.1 Å². The topological polar surface area (TPSA) is 58.0 Å². The van der Waals surface area contributed by atoms with Gasteiger partial charge in [-0.05, 0) is 123 Å². The highest BCUT2D eigenvalue weighted by Crippen LogP contribution is 2.42. The lowest BCUT2D eigenvalue weighted by Gasteiger charge is -2.46. The number of nitrogens with zero attached hydrogens (tertiary/aromatic N) is 4. The Bertz CT molecular complexity index is 1080. The summed E-state index contributed by atoms with van der Waals surface area (Å²) in [6.45, 7) is 21.1. The molecule has 1 saturated carbocycles. The maximum absolute atomic E-state index is 12.9. The Morgan fingerprint density at radius 3 is 2.38 bits per heavy atom. The quantitative estimate of drug-likeness (QED) is 0.176. The normalized spacial score (nSPS) is 21.7. The van der Waals surface area contributed by atoms with Crippen molar-refractivity contribution in [1.82, 2.24) is 14.8 Å². The minimum Gasteiger partial charge on any atom is -0.444 e. The second kappa shape index (κ2) is 13.6. The van der Waals surface area contributed by atoms with Crippen molar-refractivity contribution in [3.05, 3.63) is 52.5 Å². The molecule has 2 atom stereocenters. The first-order valence-electron chi connectivity index (χ1n) is 15.0. The van der Waals surface area contributed by atoms with Gasteiger partial charge in [-0.25, -0.2) is 4.79 Å². The molecule has 6 heteroatoms. The molecule has 1 aromatic rings. The van der Waals surface area contributed by atoms with Crippen molar-refractivity contribution in [3.63, 3.8) is 0 Å². The number of hydrogen-bond acceptors (Lipinski definition) is 5. The van der Waals surface area contributed by atoms with E-state index in [0.717, 1.165) is 38.8 Å². The van der Waals surface area contributed by atoms with Gasteiger partial charge in [-0.1, -0.05) is 12.1 Å². The van der Waals surface area contributed by atoms with Crippen LogP contribution in [0.2, 0.25) is 0 Å². The monoisotopic (exact) mass is 536 g/mol. The lowest BCUT2D eigenvalue weighted by Crippen LogP contribution is -2.58. The van der Waals surface area contributed by atoms with E-state index < -0.39 is 5.60 Å². The summed E-state index contributed by atoms with van der Waals surface area (Å²) in [5, 5.41) is 0. The Balaban J connectivity index is 1.82. The molecular weight excluding hydrogens is 484 g/mol. The molecule has 0 aromatic carbocycles. The van der Waals surface area contributed by atoms with E-state index in [4.69, 9.17) is 9.73 Å². The van der Waals surface area contributed by atoms with Crippen LogP contribution in [-0.2, 0) is 11.2 Å². The van der Waals surface area contributed by atoms with E-state index in [1.54, 1.807) is 0 Å². The summed E-state index contributed by atoms with van der Waals surface area (Å²) in [6, 6.07) is 2.50. The average molecular weight is 537 g/mol. The van der Waals surface area contributed by atoms with E-state index in [9.17, 15) is 4.79 Å². The van der Waals surface area contributed by atoms with Gasteiger partial charge in [-0.15, -0.1) is 0 Å². The van der Waals surface area contributed by atoms with Crippen LogP contribution < -0.4 is 0 Å². The highest BCUT2D eigenvalue weighted by atomic mass is 16.6. The lowest BCUT2D eigenvalue weighted by molar-refractivity contribution is -0.00419. The van der Waals surface area contributed by atoms with Crippen LogP contribution in [0.4, 0.5) is 4.79 Å². The van der Waals surface area contributed by atoms with Gasteiger partial charge in [0.2, 0.25) is 0 Å². The molecule has 0 unspecified atom stereocenters. The summed E-state index contributed by atoms with van der Waals surface area (Å²) in [5.74, 6) is 0.635. The number of carbonyl (C=O) groups excluding carboxylic acids is 1. The number of hydrogen-bond donors (Lipinski definition) is 0. The fourth-order valence-electron chi connectivity index (χ4n) is 5.73. The molecule has 1 amide bonds. The molecule has 0 spiro atoms. The van der Waals surface area contributed by atoms with Crippen molar-refractivity contribution >= 4 is 11.8 Å². The molecule has 0 radical (unpaired) electrons. The summed E-state index contributed by atoms with van der Waals surface area (Å²) in [6.07, 6.45) is 12.8. The summed E-state index contributed by atoms with van der Waals surface area (Å²) in [7, 11) is 0. The Morgan fingerprint density at radius 1 is 1.13 bits per heavy atom. The van der Waals surface area contributed by atoms with Crippen molar-refractivity contribution in [2.45, 2.75) is 119 Å². The molecule has 39 heavy (non-hydrogen) atoms. The second-order valence-corrected chi connectivity index (χ2v) is 12.5. The summed E-state index contributed by atoms with van der Waals surface area (Å²) >= 11 is 0. The lowest BCUT2D eigenvalue weighted by atomic mass is 9.90. The van der Waals surface area contributed by atoms with Gasteiger partial charge < -0.3 is 14.5 Å². The number of allylic oxidation sites excluding steroid dienone is 4. The molecule has 0 bridgehead atoms. The number of carbonyl (C=O) groups is 1. The number of pyridine rings is 1. The third kappa shape index (κ3) is 8.68. The molecule has 0 N–H and O–H groups in total. The number of ether oxygens (including phenoxy) is 1. The molecule has 2 heterocycles. The Hall–Kier alpha value is -2.63. The van der Waals surface area contributed by atoms with Crippen molar-refractivity contribution in [2.75, 3.05) is 19.6 Å². The zero-order valence-corrected chi connectivity index (χ0v) is 26.0. The number of amides is 1. The first-order valence-corrected chi connectivity index (χ1v) is 15.0. The minimum absolute atomic E-state index is 0.0664. The van der Waals surface area contributed by atoms with Gasteiger partial charge in [0.1, 0.15) is 5.60 Å². The smallest absolute Gasteiger partial charge is 0.410 e. The summed E-state index contributed by atoms with van der Waals surface area (Å²) < 4.78 is 5.72. The van der Waals surface area contributed by atoms with Crippen LogP contribution in [0.25, 0.3) is 0 Å². The van der Waals surface area contributed by atoms with Gasteiger partial charge in [0.15, 0.2) is 0 Å². The fourth-order valence-corrected chi connectivity index (χ4v) is 5.73. The third-order valence-corrected chi connectivity index (χ3v) is 7.72. The van der Waals surface area contributed by atoms with E-state index in [2.05, 4.69) is 63.6 Å². The maximum atomic E-state index is 12.9. The first kappa shape index (κ1) is 30.9. The molecular formula is C33H52N4O2. The molecule has 3 rings (SSSR count). The van der Waals surface area contributed by atoms with Gasteiger partial charge in [-0.2, -0.15) is 0 Å². The van der Waals surface area contributed by atoms with Crippen molar-refractivity contribution in [2.24, 2.45) is 10.9 Å². The number of unbranched alkanes of at least 4 members (excludes halogenated alkanes) is 1. The van der Waals surface area contributed by atoms with Crippen molar-refractivity contribution in [1.29, 1.82) is 0 Å². The molecule has 1 aliphatic heterocycles. The maximum Gasteiger partial charge on any atom is 0.410 e. The molecule has 1 saturated heterocycles. The molecule has 2 fully saturated rings. The van der Waals surface area contributed by atoms with Gasteiger partial charge >= 0.3 is 6.09 Å². The van der Waals surface area contributed by atoms with Gasteiger partial charge in [0.05, 0.1) is 0 Å². The first-order chi connectivity index (χ1) is 18.4. The van der Waals surface area contributed by atoms with E-state index in [0.29, 0.717) is 12.5 Å². The van der Waals surface area contributed by atoms with Gasteiger partial charge in [0.25, 0.3) is 0 Å². The highest BCUT2D eigenvalue weighted by Gasteiger charge is 2.37. The largest absolute Gasteiger partial charge is 0.444 e. The van der Waals surface area contributed by atoms with Gasteiger partial charge in [0, 0.05) is 61.1 Å². The predicted octanol–water partition coefficient (Wildman–Crippen LogP) is 7.52. The second-order valence-electron chi connectivity index (χ2n) is 12.5. The predicted molar refractivity (Wildman–Crippen MR) is 162 cm³/mol. The minimum atomic E-state index is -0.493. The van der Waals surface area contributed by atoms with E-state index >= 15 is 0 Å².